The van der Waals surface area contributed by atoms with Gasteiger partial charge in [-0.05, 0) is 36.2 Å². The summed E-state index contributed by atoms with van der Waals surface area (Å²) in [6.07, 6.45) is 0.448. The molecule has 106 valence electrons. The minimum atomic E-state index is -0.240. The zero-order chi connectivity index (χ0) is 14.4. The van der Waals surface area contributed by atoms with Crippen LogP contribution in [0.15, 0.2) is 48.5 Å². The molecule has 0 aliphatic carbocycles. The normalized spacial score (nSPS) is 12.2. The highest BCUT2D eigenvalue weighted by Crippen LogP contribution is 2.17. The van der Waals surface area contributed by atoms with Gasteiger partial charge in [-0.1, -0.05) is 35.9 Å². The third-order valence-electron chi connectivity index (χ3n) is 2.91. The summed E-state index contributed by atoms with van der Waals surface area (Å²) in [5.41, 5.74) is 3.24. The number of rotatable bonds is 6. The van der Waals surface area contributed by atoms with Crippen molar-refractivity contribution in [1.82, 2.24) is 5.43 Å². The van der Waals surface area contributed by atoms with Gasteiger partial charge in [0.1, 0.15) is 18.2 Å². The van der Waals surface area contributed by atoms with Crippen molar-refractivity contribution in [3.63, 3.8) is 0 Å². The molecule has 0 aromatic heterocycles. The highest BCUT2D eigenvalue weighted by Gasteiger charge is 2.11. The molecule has 0 aliphatic heterocycles. The van der Waals surface area contributed by atoms with E-state index in [-0.39, 0.29) is 11.9 Å². The quantitative estimate of drug-likeness (QED) is 0.636. The first-order chi connectivity index (χ1) is 9.69. The van der Waals surface area contributed by atoms with Gasteiger partial charge in [0, 0.05) is 5.02 Å². The van der Waals surface area contributed by atoms with E-state index < -0.39 is 0 Å². The molecule has 20 heavy (non-hydrogen) atoms. The van der Waals surface area contributed by atoms with Crippen LogP contribution in [0.5, 0.6) is 5.75 Å². The molecule has 0 saturated carbocycles. The predicted molar refractivity (Wildman–Crippen MR) is 78.2 cm³/mol. The van der Waals surface area contributed by atoms with E-state index in [0.29, 0.717) is 29.4 Å². The van der Waals surface area contributed by atoms with Crippen LogP contribution < -0.4 is 16.0 Å². The second-order valence-electron chi connectivity index (χ2n) is 4.43. The van der Waals surface area contributed by atoms with Crippen molar-refractivity contribution in [3.05, 3.63) is 64.9 Å². The molecule has 0 fully saturated rings. The topological polar surface area (TPSA) is 47.3 Å². The monoisotopic (exact) mass is 294 g/mol. The standard InChI is InChI=1S/C15H16ClFN2O/c16-12-5-3-6-14(9-12)20-10-13(19-18)8-11-4-1-2-7-15(11)17/h1-7,9,13,19H,8,10,18H2. The van der Waals surface area contributed by atoms with Crippen LogP contribution in [-0.2, 0) is 6.42 Å². The molecule has 0 aliphatic rings. The number of halogens is 2. The van der Waals surface area contributed by atoms with Crippen molar-refractivity contribution < 1.29 is 9.13 Å². The Hall–Kier alpha value is -1.62. The first kappa shape index (κ1) is 14.8. The number of nitrogens with two attached hydrogens (primary N) is 1. The first-order valence-electron chi connectivity index (χ1n) is 6.27. The fourth-order valence-corrected chi connectivity index (χ4v) is 2.03. The SMILES string of the molecule is NNC(COc1cccc(Cl)c1)Cc1ccccc1F. The van der Waals surface area contributed by atoms with Crippen molar-refractivity contribution in [2.75, 3.05) is 6.61 Å². The highest BCUT2D eigenvalue weighted by molar-refractivity contribution is 6.30. The molecule has 5 heteroatoms. The average molecular weight is 295 g/mol. The van der Waals surface area contributed by atoms with Crippen LogP contribution in [0, 0.1) is 5.82 Å². The molecular formula is C15H16ClFN2O. The lowest BCUT2D eigenvalue weighted by molar-refractivity contribution is 0.263. The van der Waals surface area contributed by atoms with Crippen LogP contribution in [0.2, 0.25) is 5.02 Å². The largest absolute Gasteiger partial charge is 0.492 e. The van der Waals surface area contributed by atoms with Crippen LogP contribution in [0.3, 0.4) is 0 Å². The molecule has 0 spiro atoms. The van der Waals surface area contributed by atoms with E-state index in [1.54, 1.807) is 36.4 Å². The Bertz CT molecular complexity index is 565. The molecule has 3 N–H and O–H groups in total. The lowest BCUT2D eigenvalue weighted by Gasteiger charge is -2.17. The van der Waals surface area contributed by atoms with Gasteiger partial charge in [0.25, 0.3) is 0 Å². The van der Waals surface area contributed by atoms with Gasteiger partial charge in [-0.15, -0.1) is 0 Å². The van der Waals surface area contributed by atoms with Gasteiger partial charge >= 0.3 is 0 Å². The maximum atomic E-state index is 13.6. The van der Waals surface area contributed by atoms with Gasteiger partial charge in [0.2, 0.25) is 0 Å². The maximum absolute atomic E-state index is 13.6. The van der Waals surface area contributed by atoms with Crippen LogP contribution in [0.1, 0.15) is 5.56 Å². The predicted octanol–water partition coefficient (Wildman–Crippen LogP) is 2.93. The van der Waals surface area contributed by atoms with E-state index in [1.165, 1.54) is 6.07 Å². The molecule has 2 rings (SSSR count). The lowest BCUT2D eigenvalue weighted by Crippen LogP contribution is -2.41. The molecule has 1 atom stereocenters. The second kappa shape index (κ2) is 7.24. The first-order valence-corrected chi connectivity index (χ1v) is 6.64. The van der Waals surface area contributed by atoms with Crippen LogP contribution >= 0.6 is 11.6 Å². The van der Waals surface area contributed by atoms with Gasteiger partial charge in [-0.3, -0.25) is 11.3 Å². The van der Waals surface area contributed by atoms with Gasteiger partial charge in [0.05, 0.1) is 6.04 Å². The molecule has 0 bridgehead atoms. The van der Waals surface area contributed by atoms with E-state index in [4.69, 9.17) is 22.2 Å². The summed E-state index contributed by atoms with van der Waals surface area (Å²) in [7, 11) is 0. The van der Waals surface area contributed by atoms with Gasteiger partial charge in [-0.2, -0.15) is 0 Å². The van der Waals surface area contributed by atoms with Crippen LogP contribution in [0.25, 0.3) is 0 Å². The Morgan fingerprint density at radius 2 is 2.00 bits per heavy atom. The molecule has 3 nitrogen and oxygen atoms in total. The van der Waals surface area contributed by atoms with Crippen molar-refractivity contribution in [2.24, 2.45) is 5.84 Å². The molecule has 0 radical (unpaired) electrons. The summed E-state index contributed by atoms with van der Waals surface area (Å²) >= 11 is 5.87. The number of hydrazine groups is 1. The average Bonchev–Trinajstić information content (AvgIpc) is 2.45. The number of benzene rings is 2. The summed E-state index contributed by atoms with van der Waals surface area (Å²) in [5.74, 6) is 5.90. The Morgan fingerprint density at radius 3 is 2.70 bits per heavy atom. The van der Waals surface area contributed by atoms with E-state index in [9.17, 15) is 4.39 Å². The third-order valence-corrected chi connectivity index (χ3v) is 3.14. The zero-order valence-corrected chi connectivity index (χ0v) is 11.6. The molecule has 0 heterocycles. The van der Waals surface area contributed by atoms with E-state index in [2.05, 4.69) is 5.43 Å². The molecule has 0 saturated heterocycles. The Labute approximate surface area is 122 Å². The molecular weight excluding hydrogens is 279 g/mol. The van der Waals surface area contributed by atoms with Gasteiger partial charge in [0.15, 0.2) is 0 Å². The van der Waals surface area contributed by atoms with Crippen molar-refractivity contribution in [2.45, 2.75) is 12.5 Å². The zero-order valence-electron chi connectivity index (χ0n) is 10.9. The number of hydrogen-bond donors (Lipinski definition) is 2. The number of hydrogen-bond acceptors (Lipinski definition) is 3. The summed E-state index contributed by atoms with van der Waals surface area (Å²) in [5, 5.41) is 0.605. The van der Waals surface area contributed by atoms with Crippen molar-refractivity contribution in [1.29, 1.82) is 0 Å². The maximum Gasteiger partial charge on any atom is 0.126 e. The van der Waals surface area contributed by atoms with Gasteiger partial charge in [-0.25, -0.2) is 4.39 Å². The molecule has 2 aromatic rings. The van der Waals surface area contributed by atoms with Crippen molar-refractivity contribution >= 4 is 11.6 Å². The molecule has 0 amide bonds. The van der Waals surface area contributed by atoms with Crippen LogP contribution in [0.4, 0.5) is 4.39 Å². The number of ether oxygens (including phenoxy) is 1. The summed E-state index contributed by atoms with van der Waals surface area (Å²) < 4.78 is 19.2. The molecule has 2 aromatic carbocycles. The van der Waals surface area contributed by atoms with E-state index >= 15 is 0 Å². The smallest absolute Gasteiger partial charge is 0.126 e. The fraction of sp³-hybridized carbons (Fsp3) is 0.200. The Kier molecular flexibility index (Phi) is 5.35. The summed E-state index contributed by atoms with van der Waals surface area (Å²) in [4.78, 5) is 0. The van der Waals surface area contributed by atoms with E-state index in [0.717, 1.165) is 0 Å². The number of nitrogens with one attached hydrogen (secondary N) is 1. The minimum absolute atomic E-state index is 0.189. The second-order valence-corrected chi connectivity index (χ2v) is 4.86. The van der Waals surface area contributed by atoms with Crippen LogP contribution in [-0.4, -0.2) is 12.6 Å². The summed E-state index contributed by atoms with van der Waals surface area (Å²) in [6, 6.07) is 13.5. The third kappa shape index (κ3) is 4.20. The Balaban J connectivity index is 1.94. The van der Waals surface area contributed by atoms with Gasteiger partial charge < -0.3 is 4.74 Å². The Morgan fingerprint density at radius 1 is 1.20 bits per heavy atom. The summed E-state index contributed by atoms with van der Waals surface area (Å²) in [6.45, 7) is 0.325. The minimum Gasteiger partial charge on any atom is -0.492 e. The van der Waals surface area contributed by atoms with Crippen molar-refractivity contribution in [3.8, 4) is 5.75 Å². The highest BCUT2D eigenvalue weighted by atomic mass is 35.5. The van der Waals surface area contributed by atoms with E-state index in [1.807, 2.05) is 6.07 Å². The molecule has 1 unspecified atom stereocenters. The fourth-order valence-electron chi connectivity index (χ4n) is 1.85. The lowest BCUT2D eigenvalue weighted by atomic mass is 10.1.